The van der Waals surface area contributed by atoms with E-state index in [-0.39, 0.29) is 5.54 Å². The summed E-state index contributed by atoms with van der Waals surface area (Å²) in [4.78, 5) is 2.39. The second-order valence-electron chi connectivity index (χ2n) is 13.1. The van der Waals surface area contributed by atoms with Gasteiger partial charge in [0.1, 0.15) is 0 Å². The number of rotatable bonds is 7. The van der Waals surface area contributed by atoms with Crippen molar-refractivity contribution in [2.45, 2.75) is 33.2 Å². The number of nitrogens with zero attached hydrogens (tertiary/aromatic N) is 2. The molecule has 2 nitrogen and oxygen atoms in total. The topological polar surface area (TPSA) is 8.17 Å². The van der Waals surface area contributed by atoms with Gasteiger partial charge in [-0.3, -0.25) is 0 Å². The average Bonchev–Trinajstić information content (AvgIpc) is 3.44. The largest absolute Gasteiger partial charge is 0.335 e. The highest BCUT2D eigenvalue weighted by molar-refractivity contribution is 6.10. The lowest BCUT2D eigenvalue weighted by Gasteiger charge is -2.29. The van der Waals surface area contributed by atoms with E-state index in [1.165, 1.54) is 44.1 Å². The molecule has 0 saturated heterocycles. The molecule has 0 aliphatic rings. The molecular formula is C45H40N2. The molecule has 0 N–H and O–H groups in total. The van der Waals surface area contributed by atoms with E-state index in [1.807, 2.05) is 13.0 Å². The third-order valence-corrected chi connectivity index (χ3v) is 8.85. The lowest BCUT2D eigenvalue weighted by molar-refractivity contribution is 0.423. The first kappa shape index (κ1) is 30.1. The maximum absolute atomic E-state index is 4.35. The number of aromatic nitrogens is 1. The first-order valence-electron chi connectivity index (χ1n) is 16.3. The van der Waals surface area contributed by atoms with E-state index in [2.05, 4.69) is 188 Å². The number of benzene rings is 6. The molecule has 0 spiro atoms. The zero-order valence-corrected chi connectivity index (χ0v) is 27.6. The van der Waals surface area contributed by atoms with Crippen molar-refractivity contribution in [2.24, 2.45) is 0 Å². The van der Waals surface area contributed by atoms with Crippen molar-refractivity contribution in [2.75, 3.05) is 4.90 Å². The Morgan fingerprint density at radius 1 is 0.596 bits per heavy atom. The molecule has 47 heavy (non-hydrogen) atoms. The van der Waals surface area contributed by atoms with Gasteiger partial charge in [-0.25, -0.2) is 0 Å². The van der Waals surface area contributed by atoms with Crippen LogP contribution in [-0.4, -0.2) is 4.57 Å². The third kappa shape index (κ3) is 5.68. The summed E-state index contributed by atoms with van der Waals surface area (Å²) in [6, 6.07) is 52.6. The Morgan fingerprint density at radius 3 is 2.04 bits per heavy atom. The summed E-state index contributed by atoms with van der Waals surface area (Å²) in [7, 11) is 0. The molecule has 1 heterocycles. The van der Waals surface area contributed by atoms with Gasteiger partial charge in [0.15, 0.2) is 0 Å². The van der Waals surface area contributed by atoms with Gasteiger partial charge in [-0.2, -0.15) is 0 Å². The van der Waals surface area contributed by atoms with Crippen LogP contribution >= 0.6 is 0 Å². The molecule has 0 saturated carbocycles. The van der Waals surface area contributed by atoms with Crippen molar-refractivity contribution < 1.29 is 0 Å². The smallest absolute Gasteiger partial charge is 0.0540 e. The van der Waals surface area contributed by atoms with Crippen LogP contribution in [0.4, 0.5) is 17.1 Å². The molecule has 0 bridgehead atoms. The first-order valence-corrected chi connectivity index (χ1v) is 16.3. The minimum Gasteiger partial charge on any atom is -0.335 e. The molecule has 0 aliphatic heterocycles. The van der Waals surface area contributed by atoms with Crippen LogP contribution in [0.2, 0.25) is 0 Å². The van der Waals surface area contributed by atoms with Crippen molar-refractivity contribution in [1.29, 1.82) is 0 Å². The maximum Gasteiger partial charge on any atom is 0.0540 e. The highest BCUT2D eigenvalue weighted by atomic mass is 15.1. The molecule has 6 aromatic carbocycles. The monoisotopic (exact) mass is 608 g/mol. The molecule has 0 fully saturated rings. The second-order valence-corrected chi connectivity index (χ2v) is 13.1. The maximum atomic E-state index is 4.35. The number of hydrogen-bond donors (Lipinski definition) is 0. The lowest BCUT2D eigenvalue weighted by Crippen LogP contribution is -2.21. The zero-order valence-electron chi connectivity index (χ0n) is 27.6. The van der Waals surface area contributed by atoms with Crippen LogP contribution in [0.1, 0.15) is 33.3 Å². The van der Waals surface area contributed by atoms with Gasteiger partial charge in [-0.05, 0) is 104 Å². The number of para-hydroxylation sites is 2. The highest BCUT2D eigenvalue weighted by Gasteiger charge is 2.22. The fraction of sp³-hybridized carbons (Fsp3) is 0.111. The molecule has 0 amide bonds. The predicted octanol–water partition coefficient (Wildman–Crippen LogP) is 12.9. The van der Waals surface area contributed by atoms with Gasteiger partial charge in [0.2, 0.25) is 0 Å². The van der Waals surface area contributed by atoms with Crippen molar-refractivity contribution in [3.8, 4) is 22.3 Å². The van der Waals surface area contributed by atoms with Gasteiger partial charge < -0.3 is 9.47 Å². The molecule has 230 valence electrons. The molecule has 0 aliphatic carbocycles. The molecule has 0 radical (unpaired) electrons. The summed E-state index contributed by atoms with van der Waals surface area (Å²) >= 11 is 0. The van der Waals surface area contributed by atoms with E-state index in [0.717, 1.165) is 28.2 Å². The Kier molecular flexibility index (Phi) is 7.87. The van der Waals surface area contributed by atoms with Gasteiger partial charge in [-0.15, -0.1) is 0 Å². The van der Waals surface area contributed by atoms with Gasteiger partial charge in [0, 0.05) is 44.3 Å². The van der Waals surface area contributed by atoms with Crippen LogP contribution in [0.3, 0.4) is 0 Å². The molecule has 7 rings (SSSR count). The van der Waals surface area contributed by atoms with E-state index >= 15 is 0 Å². The highest BCUT2D eigenvalue weighted by Crippen LogP contribution is 2.44. The molecule has 0 unspecified atom stereocenters. The van der Waals surface area contributed by atoms with Crippen molar-refractivity contribution in [3.63, 3.8) is 0 Å². The summed E-state index contributed by atoms with van der Waals surface area (Å²) in [5.41, 5.74) is 12.6. The zero-order chi connectivity index (χ0) is 32.5. The molecule has 1 aromatic heterocycles. The van der Waals surface area contributed by atoms with Crippen molar-refractivity contribution in [1.82, 2.24) is 4.57 Å². The van der Waals surface area contributed by atoms with Gasteiger partial charge in [0.05, 0.1) is 5.69 Å². The molecule has 0 atom stereocenters. The van der Waals surface area contributed by atoms with Crippen LogP contribution in [0.15, 0.2) is 164 Å². The Bertz CT molecular complexity index is 2260. The summed E-state index contributed by atoms with van der Waals surface area (Å²) in [5.74, 6) is 0. The minimum atomic E-state index is -0.0522. The number of fused-ring (bicyclic) bond motifs is 3. The van der Waals surface area contributed by atoms with E-state index in [9.17, 15) is 0 Å². The van der Waals surface area contributed by atoms with Crippen LogP contribution < -0.4 is 4.90 Å². The summed E-state index contributed by atoms with van der Waals surface area (Å²) in [6.45, 7) is 13.2. The van der Waals surface area contributed by atoms with Gasteiger partial charge in [0.25, 0.3) is 0 Å². The fourth-order valence-corrected chi connectivity index (χ4v) is 6.80. The Balaban J connectivity index is 1.45. The lowest BCUT2D eigenvalue weighted by atomic mass is 9.98. The van der Waals surface area contributed by atoms with E-state index in [1.54, 1.807) is 0 Å². The number of hydrogen-bond acceptors (Lipinski definition) is 1. The molecule has 2 heteroatoms. The standard InChI is InChI=1S/C45H40N2/c1-6-16-32(2)34-19-14-21-37(29-34)46(38-22-15-20-35(30-38)33-17-8-7-9-18-33)42-25-12-10-23-39(42)36-27-28-44-41(31-36)40-24-11-13-26-43(40)47(44)45(3,4)5/h6-31H,2H2,1,3-5H3/b16-6-. The van der Waals surface area contributed by atoms with Crippen molar-refractivity contribution >= 4 is 44.4 Å². The summed E-state index contributed by atoms with van der Waals surface area (Å²) < 4.78 is 2.47. The van der Waals surface area contributed by atoms with E-state index in [0.29, 0.717) is 0 Å². The third-order valence-electron chi connectivity index (χ3n) is 8.85. The average molecular weight is 609 g/mol. The van der Waals surface area contributed by atoms with Gasteiger partial charge in [-0.1, -0.05) is 116 Å². The van der Waals surface area contributed by atoms with Crippen LogP contribution in [-0.2, 0) is 5.54 Å². The molecular weight excluding hydrogens is 569 g/mol. The Labute approximate surface area is 278 Å². The fourth-order valence-electron chi connectivity index (χ4n) is 6.80. The summed E-state index contributed by atoms with van der Waals surface area (Å²) in [6.07, 6.45) is 4.11. The van der Waals surface area contributed by atoms with E-state index in [4.69, 9.17) is 0 Å². The second kappa shape index (κ2) is 12.3. The SMILES string of the molecule is C=C(/C=C\C)c1cccc(N(c2cccc(-c3ccccc3)c2)c2ccccc2-c2ccc3c(c2)c2ccccc2n3C(C)(C)C)c1. The normalized spacial score (nSPS) is 11.8. The summed E-state index contributed by atoms with van der Waals surface area (Å²) in [5, 5.41) is 2.55. The van der Waals surface area contributed by atoms with Crippen LogP contribution in [0.5, 0.6) is 0 Å². The Morgan fingerprint density at radius 2 is 1.26 bits per heavy atom. The predicted molar refractivity (Wildman–Crippen MR) is 204 cm³/mol. The van der Waals surface area contributed by atoms with Gasteiger partial charge >= 0.3 is 0 Å². The number of anilines is 3. The first-order chi connectivity index (χ1) is 22.8. The Hall–Kier alpha value is -5.60. The van der Waals surface area contributed by atoms with E-state index < -0.39 is 0 Å². The van der Waals surface area contributed by atoms with Crippen LogP contribution in [0, 0.1) is 0 Å². The van der Waals surface area contributed by atoms with Crippen LogP contribution in [0.25, 0.3) is 49.6 Å². The van der Waals surface area contributed by atoms with Crippen molar-refractivity contribution in [3.05, 3.63) is 170 Å². The number of allylic oxidation sites excluding steroid dienone is 3. The quantitative estimate of drug-likeness (QED) is 0.163. The molecule has 7 aromatic rings. The minimum absolute atomic E-state index is 0.0522.